The second-order valence-electron chi connectivity index (χ2n) is 3.52. The van der Waals surface area contributed by atoms with Crippen molar-refractivity contribution in [2.75, 3.05) is 0 Å². The number of hydrogen-bond acceptors (Lipinski definition) is 3. The molecule has 0 aliphatic carbocycles. The topological polar surface area (TPSA) is 66.4 Å². The lowest BCUT2D eigenvalue weighted by Gasteiger charge is -2.12. The zero-order valence-electron chi connectivity index (χ0n) is 9.60. The first-order valence-electron chi connectivity index (χ1n) is 5.31. The van der Waals surface area contributed by atoms with Crippen molar-refractivity contribution in [3.8, 4) is 0 Å². The SMILES string of the molecule is C=CCC(NC(=O)c1sccc1CC)C(=O)O. The molecule has 0 saturated carbocycles. The van der Waals surface area contributed by atoms with Gasteiger partial charge in [-0.25, -0.2) is 4.79 Å². The van der Waals surface area contributed by atoms with Gasteiger partial charge < -0.3 is 10.4 Å². The summed E-state index contributed by atoms with van der Waals surface area (Å²) in [5, 5.41) is 13.2. The van der Waals surface area contributed by atoms with Crippen molar-refractivity contribution in [3.63, 3.8) is 0 Å². The number of aryl methyl sites for hydroxylation is 1. The Morgan fingerprint density at radius 3 is 2.88 bits per heavy atom. The highest BCUT2D eigenvalue weighted by atomic mass is 32.1. The smallest absolute Gasteiger partial charge is 0.326 e. The van der Waals surface area contributed by atoms with Crippen LogP contribution in [0.5, 0.6) is 0 Å². The predicted molar refractivity (Wildman–Crippen MR) is 67.4 cm³/mol. The van der Waals surface area contributed by atoms with Crippen LogP contribution in [0.25, 0.3) is 0 Å². The van der Waals surface area contributed by atoms with E-state index in [0.717, 1.165) is 12.0 Å². The molecule has 0 aliphatic heterocycles. The van der Waals surface area contributed by atoms with E-state index >= 15 is 0 Å². The van der Waals surface area contributed by atoms with Gasteiger partial charge in [0.15, 0.2) is 0 Å². The summed E-state index contributed by atoms with van der Waals surface area (Å²) in [6.45, 7) is 5.43. The molecule has 4 nitrogen and oxygen atoms in total. The van der Waals surface area contributed by atoms with E-state index in [4.69, 9.17) is 5.11 Å². The number of carboxylic acid groups (broad SMARTS) is 1. The van der Waals surface area contributed by atoms with Gasteiger partial charge in [-0.2, -0.15) is 0 Å². The van der Waals surface area contributed by atoms with Crippen molar-refractivity contribution >= 4 is 23.2 Å². The molecule has 1 amide bonds. The van der Waals surface area contributed by atoms with Crippen LogP contribution in [0.4, 0.5) is 0 Å². The molecule has 0 saturated heterocycles. The number of carbonyl (C=O) groups excluding carboxylic acids is 1. The van der Waals surface area contributed by atoms with E-state index in [1.165, 1.54) is 17.4 Å². The Morgan fingerprint density at radius 2 is 2.35 bits per heavy atom. The van der Waals surface area contributed by atoms with Crippen molar-refractivity contribution < 1.29 is 14.7 Å². The monoisotopic (exact) mass is 253 g/mol. The van der Waals surface area contributed by atoms with Crippen LogP contribution < -0.4 is 5.32 Å². The molecule has 0 bridgehead atoms. The standard InChI is InChI=1S/C12H15NO3S/c1-3-5-9(12(15)16)13-11(14)10-8(4-2)6-7-17-10/h3,6-7,9H,1,4-5H2,2H3,(H,13,14)(H,15,16). The first kappa shape index (κ1) is 13.4. The Balaban J connectivity index is 2.77. The second-order valence-corrected chi connectivity index (χ2v) is 4.43. The molecular weight excluding hydrogens is 238 g/mol. The van der Waals surface area contributed by atoms with Gasteiger partial charge in [0.05, 0.1) is 4.88 Å². The van der Waals surface area contributed by atoms with Gasteiger partial charge in [0.1, 0.15) is 6.04 Å². The quantitative estimate of drug-likeness (QED) is 0.763. The van der Waals surface area contributed by atoms with E-state index in [1.807, 2.05) is 18.4 Å². The average Bonchev–Trinajstić information content (AvgIpc) is 2.76. The normalized spacial score (nSPS) is 11.8. The molecular formula is C12H15NO3S. The summed E-state index contributed by atoms with van der Waals surface area (Å²) < 4.78 is 0. The van der Waals surface area contributed by atoms with Crippen LogP contribution in [0.2, 0.25) is 0 Å². The van der Waals surface area contributed by atoms with E-state index in [2.05, 4.69) is 11.9 Å². The molecule has 1 atom stereocenters. The number of rotatable bonds is 6. The number of aliphatic carboxylic acids is 1. The third kappa shape index (κ3) is 3.42. The lowest BCUT2D eigenvalue weighted by Crippen LogP contribution is -2.40. The van der Waals surface area contributed by atoms with Gasteiger partial charge in [-0.05, 0) is 29.9 Å². The summed E-state index contributed by atoms with van der Waals surface area (Å²) in [7, 11) is 0. The third-order valence-corrected chi connectivity index (χ3v) is 3.30. The van der Waals surface area contributed by atoms with Crippen molar-refractivity contribution in [2.24, 2.45) is 0 Å². The fraction of sp³-hybridized carbons (Fsp3) is 0.333. The fourth-order valence-corrected chi connectivity index (χ4v) is 2.32. The van der Waals surface area contributed by atoms with Crippen LogP contribution >= 0.6 is 11.3 Å². The number of carboxylic acids is 1. The van der Waals surface area contributed by atoms with Gasteiger partial charge in [-0.3, -0.25) is 4.79 Å². The molecule has 0 aromatic carbocycles. The predicted octanol–water partition coefficient (Wildman–Crippen LogP) is 2.07. The van der Waals surface area contributed by atoms with Gasteiger partial charge in [-0.15, -0.1) is 17.9 Å². The molecule has 0 aliphatic rings. The molecule has 1 aromatic heterocycles. The van der Waals surface area contributed by atoms with Gasteiger partial charge in [0, 0.05) is 0 Å². The van der Waals surface area contributed by atoms with Crippen molar-refractivity contribution in [1.82, 2.24) is 5.32 Å². The summed E-state index contributed by atoms with van der Waals surface area (Å²) in [5.74, 6) is -1.38. The Bertz CT molecular complexity index is 425. The average molecular weight is 253 g/mol. The minimum Gasteiger partial charge on any atom is -0.480 e. The summed E-state index contributed by atoms with van der Waals surface area (Å²) in [6, 6.07) is 0.967. The molecule has 0 fully saturated rings. The van der Waals surface area contributed by atoms with Crippen LogP contribution in [-0.4, -0.2) is 23.0 Å². The Hall–Kier alpha value is -1.62. The summed E-state index contributed by atoms with van der Waals surface area (Å²) in [5.41, 5.74) is 0.940. The lowest BCUT2D eigenvalue weighted by molar-refractivity contribution is -0.139. The van der Waals surface area contributed by atoms with Crippen LogP contribution in [0.15, 0.2) is 24.1 Å². The molecule has 1 aromatic rings. The highest BCUT2D eigenvalue weighted by Crippen LogP contribution is 2.17. The number of nitrogens with one attached hydrogen (secondary N) is 1. The van der Waals surface area contributed by atoms with Gasteiger partial charge in [0.2, 0.25) is 0 Å². The van der Waals surface area contributed by atoms with Crippen LogP contribution in [0.1, 0.15) is 28.6 Å². The number of thiophene rings is 1. The first-order chi connectivity index (χ1) is 8.10. The van der Waals surface area contributed by atoms with E-state index in [1.54, 1.807) is 0 Å². The minimum absolute atomic E-state index is 0.216. The fourth-order valence-electron chi connectivity index (χ4n) is 1.43. The Labute approximate surface area is 104 Å². The summed E-state index contributed by atoms with van der Waals surface area (Å²) >= 11 is 1.32. The third-order valence-electron chi connectivity index (χ3n) is 2.34. The molecule has 1 heterocycles. The molecule has 5 heteroatoms. The van der Waals surface area contributed by atoms with Crippen molar-refractivity contribution in [3.05, 3.63) is 34.5 Å². The molecule has 0 radical (unpaired) electrons. The van der Waals surface area contributed by atoms with Gasteiger partial charge in [-0.1, -0.05) is 13.0 Å². The maximum Gasteiger partial charge on any atom is 0.326 e. The number of hydrogen-bond donors (Lipinski definition) is 2. The number of carbonyl (C=O) groups is 2. The van der Waals surface area contributed by atoms with E-state index in [9.17, 15) is 9.59 Å². The molecule has 1 rings (SSSR count). The zero-order chi connectivity index (χ0) is 12.8. The minimum atomic E-state index is -1.05. The van der Waals surface area contributed by atoms with Crippen molar-refractivity contribution in [2.45, 2.75) is 25.8 Å². The van der Waals surface area contributed by atoms with Gasteiger partial charge in [0.25, 0.3) is 5.91 Å². The van der Waals surface area contributed by atoms with Crippen LogP contribution in [0.3, 0.4) is 0 Å². The highest BCUT2D eigenvalue weighted by molar-refractivity contribution is 7.12. The highest BCUT2D eigenvalue weighted by Gasteiger charge is 2.21. The summed E-state index contributed by atoms with van der Waals surface area (Å²) in [4.78, 5) is 23.4. The second kappa shape index (κ2) is 6.20. The molecule has 0 spiro atoms. The van der Waals surface area contributed by atoms with E-state index in [0.29, 0.717) is 4.88 Å². The molecule has 92 valence electrons. The number of amides is 1. The first-order valence-corrected chi connectivity index (χ1v) is 6.19. The maximum atomic E-state index is 11.9. The van der Waals surface area contributed by atoms with E-state index < -0.39 is 12.0 Å². The zero-order valence-corrected chi connectivity index (χ0v) is 10.4. The van der Waals surface area contributed by atoms with E-state index in [-0.39, 0.29) is 12.3 Å². The van der Waals surface area contributed by atoms with Gasteiger partial charge >= 0.3 is 5.97 Å². The van der Waals surface area contributed by atoms with Crippen LogP contribution in [-0.2, 0) is 11.2 Å². The lowest BCUT2D eigenvalue weighted by atomic mass is 10.1. The maximum absolute atomic E-state index is 11.9. The Kier molecular flexibility index (Phi) is 4.90. The van der Waals surface area contributed by atoms with Crippen LogP contribution in [0, 0.1) is 0 Å². The molecule has 17 heavy (non-hydrogen) atoms. The Morgan fingerprint density at radius 1 is 1.65 bits per heavy atom. The summed E-state index contributed by atoms with van der Waals surface area (Å²) in [6.07, 6.45) is 2.45. The molecule has 1 unspecified atom stereocenters. The largest absolute Gasteiger partial charge is 0.480 e. The van der Waals surface area contributed by atoms with Crippen molar-refractivity contribution in [1.29, 1.82) is 0 Å². The molecule has 2 N–H and O–H groups in total.